The second kappa shape index (κ2) is 9.44. The zero-order valence-corrected chi connectivity index (χ0v) is 16.4. The Morgan fingerprint density at radius 2 is 2.00 bits per heavy atom. The van der Waals surface area contributed by atoms with Crippen molar-refractivity contribution in [3.05, 3.63) is 35.4 Å². The Hall–Kier alpha value is -1.76. The highest BCUT2D eigenvalue weighted by molar-refractivity contribution is 5.79. The Labute approximate surface area is 159 Å². The molecule has 4 nitrogen and oxygen atoms in total. The van der Waals surface area contributed by atoms with Crippen molar-refractivity contribution in [2.75, 3.05) is 40.4 Å². The first-order valence-corrected chi connectivity index (χ1v) is 9.49. The number of unbranched alkanes of at least 4 members (excludes halogenated alkanes) is 1. The highest BCUT2D eigenvalue weighted by atomic mass is 19.4. The third-order valence-electron chi connectivity index (χ3n) is 5.26. The van der Waals surface area contributed by atoms with Crippen LogP contribution in [0.3, 0.4) is 0 Å². The fourth-order valence-electron chi connectivity index (χ4n) is 3.49. The van der Waals surface area contributed by atoms with Gasteiger partial charge in [0.15, 0.2) is 5.96 Å². The van der Waals surface area contributed by atoms with Gasteiger partial charge in [-0.05, 0) is 30.9 Å². The maximum Gasteiger partial charge on any atom is 0.416 e. The van der Waals surface area contributed by atoms with Crippen molar-refractivity contribution in [3.63, 3.8) is 0 Å². The van der Waals surface area contributed by atoms with Gasteiger partial charge in [0.05, 0.1) is 5.56 Å². The van der Waals surface area contributed by atoms with Gasteiger partial charge in [0.2, 0.25) is 0 Å². The van der Waals surface area contributed by atoms with Crippen LogP contribution in [0.2, 0.25) is 0 Å². The zero-order chi connectivity index (χ0) is 19.9. The molecule has 2 rings (SSSR count). The number of nitrogens with zero attached hydrogens (tertiary/aromatic N) is 2. The van der Waals surface area contributed by atoms with E-state index in [9.17, 15) is 13.2 Å². The van der Waals surface area contributed by atoms with E-state index in [0.29, 0.717) is 38.2 Å². The molecule has 0 aliphatic carbocycles. The van der Waals surface area contributed by atoms with Crippen molar-refractivity contribution in [1.82, 2.24) is 10.2 Å². The number of hydrogen-bond acceptors (Lipinski definition) is 2. The molecule has 1 aromatic carbocycles. The molecule has 0 spiro atoms. The van der Waals surface area contributed by atoms with E-state index in [2.05, 4.69) is 22.1 Å². The first-order chi connectivity index (χ1) is 12.8. The number of halogens is 3. The quantitative estimate of drug-likeness (QED) is 0.593. The summed E-state index contributed by atoms with van der Waals surface area (Å²) in [5.41, 5.74) is -0.295. The van der Waals surface area contributed by atoms with Gasteiger partial charge < -0.3 is 15.0 Å². The van der Waals surface area contributed by atoms with Crippen LogP contribution in [0.5, 0.6) is 0 Å². The smallest absolute Gasteiger partial charge is 0.381 e. The minimum absolute atomic E-state index is 0.402. The van der Waals surface area contributed by atoms with E-state index in [0.717, 1.165) is 31.4 Å². The summed E-state index contributed by atoms with van der Waals surface area (Å²) in [5, 5.41) is 3.38. The van der Waals surface area contributed by atoms with Crippen LogP contribution in [0.15, 0.2) is 29.3 Å². The van der Waals surface area contributed by atoms with Gasteiger partial charge in [-0.1, -0.05) is 31.5 Å². The first kappa shape index (κ1) is 21.5. The predicted octanol–water partition coefficient (Wildman–Crippen LogP) is 4.06. The molecule has 0 bridgehead atoms. The summed E-state index contributed by atoms with van der Waals surface area (Å²) in [7, 11) is 3.71. The minimum Gasteiger partial charge on any atom is -0.381 e. The van der Waals surface area contributed by atoms with Crippen LogP contribution in [0, 0.1) is 0 Å². The fourth-order valence-corrected chi connectivity index (χ4v) is 3.49. The Morgan fingerprint density at radius 3 is 2.59 bits per heavy atom. The number of rotatable bonds is 6. The standard InChI is InChI=1S/C20H30F3N3O/c1-4-5-11-26(3)18(24-2)25-15-19(9-12-27-13-10-19)16-7-6-8-17(14-16)20(21,22)23/h6-8,14H,4-5,9-13,15H2,1-3H3,(H,24,25). The molecule has 0 amide bonds. The number of nitrogens with one attached hydrogen (secondary N) is 1. The van der Waals surface area contributed by atoms with Gasteiger partial charge in [-0.25, -0.2) is 0 Å². The molecule has 0 unspecified atom stereocenters. The van der Waals surface area contributed by atoms with E-state index in [1.165, 1.54) is 12.1 Å². The molecule has 1 aliphatic rings. The van der Waals surface area contributed by atoms with Crippen LogP contribution in [0.25, 0.3) is 0 Å². The molecule has 27 heavy (non-hydrogen) atoms. The number of hydrogen-bond donors (Lipinski definition) is 1. The second-order valence-corrected chi connectivity index (χ2v) is 7.15. The van der Waals surface area contributed by atoms with Gasteiger partial charge in [-0.2, -0.15) is 13.2 Å². The van der Waals surface area contributed by atoms with Crippen LogP contribution >= 0.6 is 0 Å². The van der Waals surface area contributed by atoms with Crippen LogP contribution in [0.4, 0.5) is 13.2 Å². The molecular formula is C20H30F3N3O. The summed E-state index contributed by atoms with van der Waals surface area (Å²) in [6, 6.07) is 5.71. The lowest BCUT2D eigenvalue weighted by Crippen LogP contribution is -2.48. The Bertz CT molecular complexity index is 625. The van der Waals surface area contributed by atoms with E-state index in [1.54, 1.807) is 13.1 Å². The number of alkyl halides is 3. The molecule has 0 radical (unpaired) electrons. The number of ether oxygens (including phenoxy) is 1. The van der Waals surface area contributed by atoms with Crippen LogP contribution in [-0.2, 0) is 16.3 Å². The fraction of sp³-hybridized carbons (Fsp3) is 0.650. The lowest BCUT2D eigenvalue weighted by atomic mass is 9.73. The van der Waals surface area contributed by atoms with E-state index < -0.39 is 17.2 Å². The van der Waals surface area contributed by atoms with Gasteiger partial charge in [0.1, 0.15) is 0 Å². The molecule has 1 heterocycles. The third kappa shape index (κ3) is 5.61. The highest BCUT2D eigenvalue weighted by Gasteiger charge is 2.37. The summed E-state index contributed by atoms with van der Waals surface area (Å²) in [5.74, 6) is 0.765. The van der Waals surface area contributed by atoms with Crippen molar-refractivity contribution in [3.8, 4) is 0 Å². The maximum absolute atomic E-state index is 13.2. The van der Waals surface area contributed by atoms with Gasteiger partial charge in [0, 0.05) is 45.8 Å². The zero-order valence-electron chi connectivity index (χ0n) is 16.4. The summed E-state index contributed by atoms with van der Waals surface area (Å²) in [6.45, 7) is 4.63. The van der Waals surface area contributed by atoms with Crippen molar-refractivity contribution in [1.29, 1.82) is 0 Å². The van der Waals surface area contributed by atoms with Crippen molar-refractivity contribution >= 4 is 5.96 Å². The first-order valence-electron chi connectivity index (χ1n) is 9.49. The summed E-state index contributed by atoms with van der Waals surface area (Å²) in [4.78, 5) is 6.39. The number of guanidine groups is 1. The van der Waals surface area contributed by atoms with E-state index >= 15 is 0 Å². The largest absolute Gasteiger partial charge is 0.416 e. The molecule has 1 aromatic rings. The number of benzene rings is 1. The van der Waals surface area contributed by atoms with E-state index in [1.807, 2.05) is 7.05 Å². The third-order valence-corrected chi connectivity index (χ3v) is 5.26. The second-order valence-electron chi connectivity index (χ2n) is 7.15. The minimum atomic E-state index is -4.34. The molecule has 1 fully saturated rings. The lowest BCUT2D eigenvalue weighted by Gasteiger charge is -2.39. The summed E-state index contributed by atoms with van der Waals surface area (Å²) >= 11 is 0. The molecule has 1 aliphatic heterocycles. The molecule has 1 saturated heterocycles. The monoisotopic (exact) mass is 385 g/mol. The maximum atomic E-state index is 13.2. The Kier molecular flexibility index (Phi) is 7.53. The molecular weight excluding hydrogens is 355 g/mol. The summed E-state index contributed by atoms with van der Waals surface area (Å²) < 4.78 is 45.0. The number of aliphatic imine (C=N–C) groups is 1. The molecule has 7 heteroatoms. The topological polar surface area (TPSA) is 36.9 Å². The van der Waals surface area contributed by atoms with Crippen molar-refractivity contribution < 1.29 is 17.9 Å². The Balaban J connectivity index is 2.22. The van der Waals surface area contributed by atoms with Crippen LogP contribution in [0.1, 0.15) is 43.7 Å². The van der Waals surface area contributed by atoms with E-state index in [-0.39, 0.29) is 0 Å². The molecule has 0 aromatic heterocycles. The lowest BCUT2D eigenvalue weighted by molar-refractivity contribution is -0.137. The molecule has 152 valence electrons. The average molecular weight is 385 g/mol. The Morgan fingerprint density at radius 1 is 1.30 bits per heavy atom. The molecule has 0 atom stereocenters. The SMILES string of the molecule is CCCCN(C)C(=NC)NCC1(c2cccc(C(F)(F)F)c2)CCOCC1. The van der Waals surface area contributed by atoms with Crippen LogP contribution < -0.4 is 5.32 Å². The van der Waals surface area contributed by atoms with Crippen LogP contribution in [-0.4, -0.2) is 51.3 Å². The van der Waals surface area contributed by atoms with Crippen molar-refractivity contribution in [2.45, 2.75) is 44.2 Å². The average Bonchev–Trinajstić information content (AvgIpc) is 2.67. The van der Waals surface area contributed by atoms with Gasteiger partial charge in [-0.15, -0.1) is 0 Å². The predicted molar refractivity (Wildman–Crippen MR) is 102 cm³/mol. The van der Waals surface area contributed by atoms with E-state index in [4.69, 9.17) is 4.74 Å². The molecule has 0 saturated carbocycles. The van der Waals surface area contributed by atoms with Gasteiger partial charge in [-0.3, -0.25) is 4.99 Å². The highest BCUT2D eigenvalue weighted by Crippen LogP contribution is 2.37. The van der Waals surface area contributed by atoms with Gasteiger partial charge in [0.25, 0.3) is 0 Å². The van der Waals surface area contributed by atoms with Crippen molar-refractivity contribution in [2.24, 2.45) is 4.99 Å². The summed E-state index contributed by atoms with van der Waals surface area (Å²) in [6.07, 6.45) is -0.836. The van der Waals surface area contributed by atoms with Gasteiger partial charge >= 0.3 is 6.18 Å². The normalized spacial score (nSPS) is 17.6. The molecule has 1 N–H and O–H groups in total.